The average molecular weight is 258 g/mol. The number of carbonyl (C=O) groups excluding carboxylic acids is 1. The number of aliphatic carboxylic acids is 2. The van der Waals surface area contributed by atoms with Crippen molar-refractivity contribution in [3.05, 3.63) is 12.7 Å². The summed E-state index contributed by atoms with van der Waals surface area (Å²) in [6.07, 6.45) is 1.62. The third-order valence-corrected chi connectivity index (χ3v) is 2.20. The van der Waals surface area contributed by atoms with Gasteiger partial charge in [-0.1, -0.05) is 6.08 Å². The molecule has 1 unspecified atom stereocenters. The van der Waals surface area contributed by atoms with Gasteiger partial charge >= 0.3 is 18.0 Å². The normalized spacial score (nSPS) is 13.2. The zero-order chi connectivity index (χ0) is 14.1. The molecule has 0 fully saturated rings. The van der Waals surface area contributed by atoms with Gasteiger partial charge in [0.25, 0.3) is 0 Å². The Morgan fingerprint density at radius 1 is 1.28 bits per heavy atom. The van der Waals surface area contributed by atoms with E-state index in [4.69, 9.17) is 10.2 Å². The number of nitrogens with one attached hydrogen (secondary N) is 2. The highest BCUT2D eigenvalue weighted by Crippen LogP contribution is 2.01. The lowest BCUT2D eigenvalue weighted by Crippen LogP contribution is -2.48. The Morgan fingerprint density at radius 2 is 1.89 bits per heavy atom. The summed E-state index contributed by atoms with van der Waals surface area (Å²) in [5.41, 5.74) is 0. The molecule has 0 saturated heterocycles. The molecule has 0 aromatic heterocycles. The molecule has 0 aliphatic carbocycles. The Hall–Kier alpha value is -2.05. The number of carboxylic acid groups (broad SMARTS) is 2. The average Bonchev–Trinajstić information content (AvgIpc) is 2.26. The number of rotatable bonds is 8. The lowest BCUT2D eigenvalue weighted by Gasteiger charge is -2.16. The van der Waals surface area contributed by atoms with E-state index in [1.165, 1.54) is 6.08 Å². The van der Waals surface area contributed by atoms with Gasteiger partial charge in [0.05, 0.1) is 0 Å². The van der Waals surface area contributed by atoms with E-state index < -0.39 is 24.0 Å². The molecule has 2 atom stereocenters. The van der Waals surface area contributed by atoms with Crippen molar-refractivity contribution < 1.29 is 24.6 Å². The largest absolute Gasteiger partial charge is 0.481 e. The number of amides is 2. The minimum absolute atomic E-state index is 0.0670. The van der Waals surface area contributed by atoms with Crippen molar-refractivity contribution in [3.8, 4) is 0 Å². The first-order valence-electron chi connectivity index (χ1n) is 5.51. The van der Waals surface area contributed by atoms with Gasteiger partial charge in [-0.25, -0.2) is 9.59 Å². The molecule has 0 rings (SSSR count). The van der Waals surface area contributed by atoms with Crippen molar-refractivity contribution in [3.63, 3.8) is 0 Å². The van der Waals surface area contributed by atoms with Crippen LogP contribution in [0.5, 0.6) is 0 Å². The highest BCUT2D eigenvalue weighted by molar-refractivity contribution is 5.82. The number of carboxylic acids is 2. The van der Waals surface area contributed by atoms with Crippen molar-refractivity contribution in [2.75, 3.05) is 0 Å². The first-order valence-corrected chi connectivity index (χ1v) is 5.51. The van der Waals surface area contributed by atoms with E-state index in [2.05, 4.69) is 17.2 Å². The van der Waals surface area contributed by atoms with Gasteiger partial charge in [0.1, 0.15) is 6.04 Å². The Labute approximate surface area is 105 Å². The molecule has 0 heterocycles. The van der Waals surface area contributed by atoms with Gasteiger partial charge in [0.15, 0.2) is 0 Å². The Kier molecular flexibility index (Phi) is 7.18. The Balaban J connectivity index is 4.18. The smallest absolute Gasteiger partial charge is 0.326 e. The number of carbonyl (C=O) groups is 3. The molecule has 0 radical (unpaired) electrons. The fourth-order valence-electron chi connectivity index (χ4n) is 1.18. The molecule has 0 aromatic carbocycles. The molecule has 102 valence electrons. The summed E-state index contributed by atoms with van der Waals surface area (Å²) < 4.78 is 0. The summed E-state index contributed by atoms with van der Waals surface area (Å²) in [6.45, 7) is 5.16. The maximum atomic E-state index is 11.4. The van der Waals surface area contributed by atoms with Crippen molar-refractivity contribution >= 4 is 18.0 Å². The fraction of sp³-hybridized carbons (Fsp3) is 0.545. The predicted molar refractivity (Wildman–Crippen MR) is 64.2 cm³/mol. The molecular weight excluding hydrogens is 240 g/mol. The quantitative estimate of drug-likeness (QED) is 0.475. The fourth-order valence-corrected chi connectivity index (χ4v) is 1.18. The zero-order valence-corrected chi connectivity index (χ0v) is 10.2. The molecule has 0 aliphatic heterocycles. The van der Waals surface area contributed by atoms with E-state index in [1.54, 1.807) is 6.92 Å². The molecule has 0 aliphatic rings. The highest BCUT2D eigenvalue weighted by Gasteiger charge is 2.20. The molecule has 7 heteroatoms. The number of hydrogen-bond donors (Lipinski definition) is 4. The second-order valence-corrected chi connectivity index (χ2v) is 3.82. The van der Waals surface area contributed by atoms with Gasteiger partial charge in [0.2, 0.25) is 0 Å². The van der Waals surface area contributed by atoms with Crippen LogP contribution >= 0.6 is 0 Å². The topological polar surface area (TPSA) is 116 Å². The molecule has 0 spiro atoms. The van der Waals surface area contributed by atoms with Crippen LogP contribution < -0.4 is 10.6 Å². The van der Waals surface area contributed by atoms with Crippen molar-refractivity contribution in [1.29, 1.82) is 0 Å². The van der Waals surface area contributed by atoms with Gasteiger partial charge in [-0.15, -0.1) is 6.58 Å². The van der Waals surface area contributed by atoms with Crippen LogP contribution in [-0.4, -0.2) is 40.3 Å². The first-order chi connectivity index (χ1) is 8.36. The molecule has 7 nitrogen and oxygen atoms in total. The molecule has 4 N–H and O–H groups in total. The number of urea groups is 1. The molecule has 2 amide bonds. The molecule has 18 heavy (non-hydrogen) atoms. The maximum Gasteiger partial charge on any atom is 0.326 e. The van der Waals surface area contributed by atoms with Crippen LogP contribution in [0.2, 0.25) is 0 Å². The third-order valence-electron chi connectivity index (χ3n) is 2.20. The molecule has 0 bridgehead atoms. The van der Waals surface area contributed by atoms with Crippen LogP contribution in [-0.2, 0) is 9.59 Å². The summed E-state index contributed by atoms with van der Waals surface area (Å²) in [7, 11) is 0. The summed E-state index contributed by atoms with van der Waals surface area (Å²) >= 11 is 0. The predicted octanol–water partition coefficient (Wildman–Crippen LogP) is 0.568. The zero-order valence-electron chi connectivity index (χ0n) is 10.2. The molecule has 0 saturated carbocycles. The van der Waals surface area contributed by atoms with E-state index in [0.29, 0.717) is 0 Å². The van der Waals surface area contributed by atoms with Crippen LogP contribution in [0.3, 0.4) is 0 Å². The van der Waals surface area contributed by atoms with Gasteiger partial charge in [-0.05, 0) is 19.8 Å². The van der Waals surface area contributed by atoms with Gasteiger partial charge in [-0.3, -0.25) is 4.79 Å². The maximum absolute atomic E-state index is 11.4. The summed E-state index contributed by atoms with van der Waals surface area (Å²) in [6, 6.07) is -2.00. The van der Waals surface area contributed by atoms with E-state index in [0.717, 1.165) is 0 Å². The Morgan fingerprint density at radius 3 is 2.33 bits per heavy atom. The van der Waals surface area contributed by atoms with Crippen LogP contribution in [0, 0.1) is 0 Å². The first kappa shape index (κ1) is 16.0. The van der Waals surface area contributed by atoms with Crippen LogP contribution in [0.15, 0.2) is 12.7 Å². The van der Waals surface area contributed by atoms with E-state index >= 15 is 0 Å². The van der Waals surface area contributed by atoms with Crippen molar-refractivity contribution in [2.24, 2.45) is 0 Å². The summed E-state index contributed by atoms with van der Waals surface area (Å²) in [4.78, 5) is 32.5. The second-order valence-electron chi connectivity index (χ2n) is 3.82. The lowest BCUT2D eigenvalue weighted by atomic mass is 10.1. The minimum Gasteiger partial charge on any atom is -0.481 e. The van der Waals surface area contributed by atoms with E-state index in [1.807, 2.05) is 0 Å². The van der Waals surface area contributed by atoms with Gasteiger partial charge in [0, 0.05) is 12.5 Å². The minimum atomic E-state index is -1.19. The van der Waals surface area contributed by atoms with Gasteiger partial charge < -0.3 is 20.8 Å². The molecule has 0 aromatic rings. The van der Waals surface area contributed by atoms with Crippen LogP contribution in [0.4, 0.5) is 4.79 Å². The van der Waals surface area contributed by atoms with E-state index in [-0.39, 0.29) is 25.3 Å². The molecular formula is C11H18N2O5. The van der Waals surface area contributed by atoms with Crippen molar-refractivity contribution in [2.45, 2.75) is 38.3 Å². The lowest BCUT2D eigenvalue weighted by molar-refractivity contribution is -0.140. The number of hydrogen-bond acceptors (Lipinski definition) is 3. The standard InChI is InChI=1S/C11H18N2O5/c1-3-7(2)12-11(18)13-8(10(16)17)5-4-6-9(14)15/h3,7-8H,1,4-6H2,2H3,(H,14,15)(H,16,17)(H2,12,13,18)/t7?,8-/m1/s1. The third kappa shape index (κ3) is 7.26. The van der Waals surface area contributed by atoms with Crippen molar-refractivity contribution in [1.82, 2.24) is 10.6 Å². The SMILES string of the molecule is C=CC(C)NC(=O)N[C@H](CCCC(=O)O)C(=O)O. The second kappa shape index (κ2) is 8.10. The van der Waals surface area contributed by atoms with E-state index in [9.17, 15) is 14.4 Å². The highest BCUT2D eigenvalue weighted by atomic mass is 16.4. The summed E-state index contributed by atoms with van der Waals surface area (Å²) in [5, 5.41) is 22.0. The summed E-state index contributed by atoms with van der Waals surface area (Å²) in [5.74, 6) is -2.19. The van der Waals surface area contributed by atoms with Crippen LogP contribution in [0.25, 0.3) is 0 Å². The van der Waals surface area contributed by atoms with Gasteiger partial charge in [-0.2, -0.15) is 0 Å². The Bertz CT molecular complexity index is 329. The monoisotopic (exact) mass is 258 g/mol. The van der Waals surface area contributed by atoms with Crippen LogP contribution in [0.1, 0.15) is 26.2 Å².